The van der Waals surface area contributed by atoms with E-state index in [4.69, 9.17) is 4.74 Å². The van der Waals surface area contributed by atoms with Crippen molar-refractivity contribution in [1.29, 1.82) is 0 Å². The zero-order chi connectivity index (χ0) is 21.0. The first kappa shape index (κ1) is 18.7. The van der Waals surface area contributed by atoms with Gasteiger partial charge in [-0.1, -0.05) is 12.2 Å². The molecule has 1 aliphatic rings. The molecule has 0 saturated carbocycles. The number of benzene rings is 1. The summed E-state index contributed by atoms with van der Waals surface area (Å²) in [6.45, 7) is 0. The van der Waals surface area contributed by atoms with Crippen molar-refractivity contribution in [2.45, 2.75) is 6.42 Å². The number of aliphatic imine (C=N–C) groups is 1. The first-order valence-corrected chi connectivity index (χ1v) is 9.64. The van der Waals surface area contributed by atoms with E-state index in [1.54, 1.807) is 30.6 Å². The zero-order valence-corrected chi connectivity index (χ0v) is 16.3. The van der Waals surface area contributed by atoms with E-state index in [0.717, 1.165) is 35.0 Å². The summed E-state index contributed by atoms with van der Waals surface area (Å²) < 4.78 is 22.0. The highest BCUT2D eigenvalue weighted by Gasteiger charge is 2.12. The van der Waals surface area contributed by atoms with Crippen LogP contribution in [0.15, 0.2) is 84.4 Å². The monoisotopic (exact) mass is 414 g/mol. The fourth-order valence-corrected chi connectivity index (χ4v) is 3.17. The number of hydrogen-bond acceptors (Lipinski definition) is 6. The Labute approximate surface area is 178 Å². The minimum atomic E-state index is -0.650. The van der Waals surface area contributed by atoms with Crippen LogP contribution in [0.5, 0.6) is 11.6 Å². The molecule has 0 bridgehead atoms. The minimum Gasteiger partial charge on any atom is -0.436 e. The maximum absolute atomic E-state index is 14.3. The number of nitrogens with zero attached hydrogens (tertiary/aromatic N) is 5. The van der Waals surface area contributed by atoms with Gasteiger partial charge in [-0.15, -0.1) is 0 Å². The van der Waals surface area contributed by atoms with E-state index in [-0.39, 0.29) is 13.3 Å². The molecule has 1 aliphatic heterocycles. The van der Waals surface area contributed by atoms with Crippen LogP contribution in [0.2, 0.25) is 0 Å². The molecule has 1 aromatic carbocycles. The van der Waals surface area contributed by atoms with Crippen molar-refractivity contribution in [2.75, 3.05) is 5.32 Å². The second-order valence-electron chi connectivity index (χ2n) is 6.72. The van der Waals surface area contributed by atoms with Crippen molar-refractivity contribution in [1.82, 2.24) is 19.5 Å². The van der Waals surface area contributed by atoms with E-state index >= 15 is 0 Å². The third-order valence-corrected chi connectivity index (χ3v) is 4.62. The highest BCUT2D eigenvalue weighted by atomic mass is 19.1. The maximum Gasteiger partial charge on any atom is 0.260 e. The Balaban J connectivity index is 0.00000245. The van der Waals surface area contributed by atoms with Gasteiger partial charge in [-0.2, -0.15) is 9.37 Å². The van der Waals surface area contributed by atoms with Crippen molar-refractivity contribution in [2.24, 2.45) is 4.99 Å². The number of allylic oxidation sites excluding steroid dienone is 3. The van der Waals surface area contributed by atoms with Gasteiger partial charge >= 0.3 is 0 Å². The molecule has 4 aromatic rings. The number of aromatic nitrogens is 4. The van der Waals surface area contributed by atoms with Crippen molar-refractivity contribution in [3.63, 3.8) is 0 Å². The van der Waals surface area contributed by atoms with Crippen molar-refractivity contribution >= 4 is 34.6 Å². The van der Waals surface area contributed by atoms with E-state index in [1.807, 2.05) is 53.4 Å². The van der Waals surface area contributed by atoms with Gasteiger partial charge in [0.05, 0.1) is 11.7 Å². The molecule has 0 amide bonds. The van der Waals surface area contributed by atoms with Gasteiger partial charge in [0, 0.05) is 43.7 Å². The van der Waals surface area contributed by atoms with Gasteiger partial charge < -0.3 is 14.6 Å². The predicted molar refractivity (Wildman–Crippen MR) is 120 cm³/mol. The lowest BCUT2D eigenvalue weighted by Gasteiger charge is -2.09. The summed E-state index contributed by atoms with van der Waals surface area (Å²) in [5, 5.41) is 3.93. The van der Waals surface area contributed by atoms with E-state index < -0.39 is 5.82 Å². The smallest absolute Gasteiger partial charge is 0.260 e. The third-order valence-electron chi connectivity index (χ3n) is 4.62. The number of halogens is 1. The average molecular weight is 414 g/mol. The molecule has 3 aromatic heterocycles. The lowest BCUT2D eigenvalue weighted by molar-refractivity contribution is 0.421. The van der Waals surface area contributed by atoms with Crippen LogP contribution in [-0.4, -0.2) is 25.7 Å². The van der Waals surface area contributed by atoms with Gasteiger partial charge in [0.15, 0.2) is 0 Å². The fraction of sp³-hybridized carbons (Fsp3) is 0.0435. The number of ether oxygens (including phenoxy) is 1. The van der Waals surface area contributed by atoms with Crippen LogP contribution in [0.25, 0.3) is 16.7 Å². The zero-order valence-electron chi connectivity index (χ0n) is 16.3. The molecular weight excluding hydrogens is 395 g/mol. The summed E-state index contributed by atoms with van der Waals surface area (Å²) in [6.07, 6.45) is 15.0. The quantitative estimate of drug-likeness (QED) is 0.462. The third kappa shape index (κ3) is 4.04. The van der Waals surface area contributed by atoms with Gasteiger partial charge in [-0.3, -0.25) is 4.98 Å². The Hall–Kier alpha value is -4.33. The number of anilines is 2. The second kappa shape index (κ2) is 8.19. The molecule has 31 heavy (non-hydrogen) atoms. The number of nitrogens with one attached hydrogen (secondary N) is 1. The Bertz CT molecular complexity index is 1330. The van der Waals surface area contributed by atoms with Crippen molar-refractivity contribution < 1.29 is 10.6 Å². The Kier molecular flexibility index (Phi) is 4.94. The summed E-state index contributed by atoms with van der Waals surface area (Å²) >= 11 is 0. The number of fused-ring (bicyclic) bond motifs is 1. The standard InChI is InChI=1S/C23H17FN6O.H2/c24-19-15-27-23(28-17-7-11-25-12-8-17)29-22(19)31-18-5-6-20-16(14-18)9-13-30(20)21-4-2-1-3-10-26-21;/h1-2,4-15H,3H2,(H,25,27,28,29);1H. The van der Waals surface area contributed by atoms with Crippen molar-refractivity contribution in [3.8, 4) is 11.6 Å². The van der Waals surface area contributed by atoms with Gasteiger partial charge in [-0.05, 0) is 42.5 Å². The van der Waals surface area contributed by atoms with Crippen LogP contribution in [0.4, 0.5) is 16.0 Å². The van der Waals surface area contributed by atoms with Crippen molar-refractivity contribution in [3.05, 3.63) is 85.2 Å². The highest BCUT2D eigenvalue weighted by molar-refractivity contribution is 5.86. The number of rotatable bonds is 5. The molecule has 5 rings (SSSR count). The summed E-state index contributed by atoms with van der Waals surface area (Å²) in [4.78, 5) is 16.6. The Morgan fingerprint density at radius 1 is 1.13 bits per heavy atom. The summed E-state index contributed by atoms with van der Waals surface area (Å²) in [5.41, 5.74) is 1.70. The number of pyridine rings is 1. The van der Waals surface area contributed by atoms with Crippen LogP contribution < -0.4 is 10.1 Å². The first-order valence-electron chi connectivity index (χ1n) is 9.64. The SMILES string of the molecule is Fc1cnc(Nc2ccncc2)nc1Oc1ccc2c(ccn2C2=CC=CCC=N2)c1.[HH]. The van der Waals surface area contributed by atoms with Crippen LogP contribution in [-0.2, 0) is 0 Å². The maximum atomic E-state index is 14.3. The molecule has 8 heteroatoms. The molecular formula is C23H19FN6O. The fourth-order valence-electron chi connectivity index (χ4n) is 3.17. The molecule has 7 nitrogen and oxygen atoms in total. The van der Waals surface area contributed by atoms with Gasteiger partial charge in [-0.25, -0.2) is 9.98 Å². The molecule has 0 unspecified atom stereocenters. The minimum absolute atomic E-state index is 0. The van der Waals surface area contributed by atoms with E-state index in [1.165, 1.54) is 0 Å². The molecule has 1 N–H and O–H groups in total. The molecule has 0 fully saturated rings. The molecule has 0 radical (unpaired) electrons. The lowest BCUT2D eigenvalue weighted by Crippen LogP contribution is -2.01. The predicted octanol–water partition coefficient (Wildman–Crippen LogP) is 5.58. The van der Waals surface area contributed by atoms with Gasteiger partial charge in [0.1, 0.15) is 11.6 Å². The van der Waals surface area contributed by atoms with Gasteiger partial charge in [0.2, 0.25) is 11.8 Å². The lowest BCUT2D eigenvalue weighted by atomic mass is 10.2. The highest BCUT2D eigenvalue weighted by Crippen LogP contribution is 2.29. The van der Waals surface area contributed by atoms with E-state index in [0.29, 0.717) is 5.75 Å². The Morgan fingerprint density at radius 2 is 2.03 bits per heavy atom. The van der Waals surface area contributed by atoms with Crippen LogP contribution in [0.1, 0.15) is 7.85 Å². The molecule has 0 saturated heterocycles. The van der Waals surface area contributed by atoms with E-state index in [9.17, 15) is 4.39 Å². The summed E-state index contributed by atoms with van der Waals surface area (Å²) in [6, 6.07) is 11.0. The number of hydrogen-bond donors (Lipinski definition) is 1. The largest absolute Gasteiger partial charge is 0.436 e. The van der Waals surface area contributed by atoms with Crippen LogP contribution in [0.3, 0.4) is 0 Å². The van der Waals surface area contributed by atoms with Gasteiger partial charge in [0.25, 0.3) is 5.88 Å². The summed E-state index contributed by atoms with van der Waals surface area (Å²) in [5.74, 6) is 0.706. The Morgan fingerprint density at radius 3 is 2.94 bits per heavy atom. The molecule has 154 valence electrons. The molecule has 4 heterocycles. The average Bonchev–Trinajstić information content (AvgIpc) is 3.01. The van der Waals surface area contributed by atoms with Crippen LogP contribution in [0, 0.1) is 5.82 Å². The second-order valence-corrected chi connectivity index (χ2v) is 6.72. The molecule has 0 atom stereocenters. The topological polar surface area (TPSA) is 77.2 Å². The summed E-state index contributed by atoms with van der Waals surface area (Å²) in [7, 11) is 0. The molecule has 0 aliphatic carbocycles. The molecule has 0 spiro atoms. The first-order chi connectivity index (χ1) is 15.3. The normalized spacial score (nSPS) is 13.1. The van der Waals surface area contributed by atoms with E-state index in [2.05, 4.69) is 25.3 Å². The van der Waals surface area contributed by atoms with Crippen LogP contribution >= 0.6 is 0 Å².